The molecular weight excluding hydrogens is 228 g/mol. The number of rotatable bonds is 7. The van der Waals surface area contributed by atoms with Gasteiger partial charge in [0.05, 0.1) is 0 Å². The van der Waals surface area contributed by atoms with Crippen molar-refractivity contribution in [1.82, 2.24) is 0 Å². The molecule has 0 saturated carbocycles. The van der Waals surface area contributed by atoms with Gasteiger partial charge in [-0.05, 0) is 25.7 Å². The smallest absolute Gasteiger partial charge is 0.122 e. The fraction of sp³-hybridized carbons (Fsp3) is 0.800. The van der Waals surface area contributed by atoms with Crippen LogP contribution >= 0.6 is 15.3 Å². The molecule has 0 spiro atoms. The maximum absolute atomic E-state index is 3.60. The highest BCUT2D eigenvalue weighted by Crippen LogP contribution is 2.14. The number of halogens is 1. The van der Waals surface area contributed by atoms with Crippen LogP contribution in [0.25, 0.3) is 0 Å². The molecule has 12 heavy (non-hydrogen) atoms. The average molecular weight is 249 g/mol. The minimum absolute atomic E-state index is 0.0389. The molecular formula is C10H21BrSi. The van der Waals surface area contributed by atoms with Gasteiger partial charge in [-0.15, -0.1) is 15.3 Å². The first-order valence-electron chi connectivity index (χ1n) is 5.09. The molecule has 0 aliphatic rings. The predicted molar refractivity (Wildman–Crippen MR) is 64.6 cm³/mol. The molecule has 0 fully saturated rings. The van der Waals surface area contributed by atoms with E-state index >= 15 is 0 Å². The Bertz CT molecular complexity index is 111. The van der Waals surface area contributed by atoms with E-state index in [2.05, 4.69) is 34.8 Å². The highest BCUT2D eigenvalue weighted by molar-refractivity contribution is 9.23. The van der Waals surface area contributed by atoms with E-state index in [1.165, 1.54) is 38.5 Å². The Balaban J connectivity index is 3.62. The molecule has 0 bridgehead atoms. The maximum atomic E-state index is 3.60. The Morgan fingerprint density at radius 1 is 1.17 bits per heavy atom. The maximum Gasteiger partial charge on any atom is 0.122 e. The van der Waals surface area contributed by atoms with Gasteiger partial charge in [-0.3, -0.25) is 0 Å². The molecule has 0 aliphatic heterocycles. The number of allylic oxidation sites excluding steroid dienone is 1. The average Bonchev–Trinajstić information content (AvgIpc) is 2.10. The summed E-state index contributed by atoms with van der Waals surface area (Å²) in [6.45, 7) is 4.53. The highest BCUT2D eigenvalue weighted by atomic mass is 79.9. The van der Waals surface area contributed by atoms with E-state index in [1.54, 1.807) is 5.57 Å². The SMILES string of the molecule is CCCCC(=C[SiH2]Br)CCCC. The summed E-state index contributed by atoms with van der Waals surface area (Å²) in [4.78, 5) is 0. The van der Waals surface area contributed by atoms with Gasteiger partial charge in [0.15, 0.2) is 0 Å². The van der Waals surface area contributed by atoms with E-state index in [9.17, 15) is 0 Å². The topological polar surface area (TPSA) is 0 Å². The van der Waals surface area contributed by atoms with Crippen molar-refractivity contribution in [3.8, 4) is 0 Å². The standard InChI is InChI=1S/C10H21BrSi/c1-3-5-7-10(9-12-11)8-6-4-2/h9H,3-8,12H2,1-2H3. The van der Waals surface area contributed by atoms with Crippen LogP contribution in [0.4, 0.5) is 0 Å². The molecule has 0 heterocycles. The molecule has 0 rings (SSSR count). The van der Waals surface area contributed by atoms with Crippen LogP contribution in [0.3, 0.4) is 0 Å². The lowest BCUT2D eigenvalue weighted by molar-refractivity contribution is 0.714. The molecule has 0 aromatic rings. The third-order valence-electron chi connectivity index (χ3n) is 2.07. The molecule has 0 aromatic carbocycles. The summed E-state index contributed by atoms with van der Waals surface area (Å²) in [5, 5.41) is 0. The Labute approximate surface area is 87.2 Å². The van der Waals surface area contributed by atoms with Crippen LogP contribution in [-0.4, -0.2) is 8.14 Å². The summed E-state index contributed by atoms with van der Waals surface area (Å²) in [7, 11) is -0.0389. The van der Waals surface area contributed by atoms with Gasteiger partial charge in [-0.25, -0.2) is 0 Å². The predicted octanol–water partition coefficient (Wildman–Crippen LogP) is 3.73. The van der Waals surface area contributed by atoms with Crippen molar-refractivity contribution in [3.63, 3.8) is 0 Å². The minimum atomic E-state index is -0.0389. The highest BCUT2D eigenvalue weighted by Gasteiger charge is 1.95. The van der Waals surface area contributed by atoms with Crippen molar-refractivity contribution < 1.29 is 0 Å². The van der Waals surface area contributed by atoms with Crippen LogP contribution < -0.4 is 0 Å². The minimum Gasteiger partial charge on any atom is -0.130 e. The molecule has 0 aromatic heterocycles. The molecule has 0 aliphatic carbocycles. The van der Waals surface area contributed by atoms with Crippen molar-refractivity contribution >= 4 is 23.4 Å². The van der Waals surface area contributed by atoms with Gasteiger partial charge >= 0.3 is 0 Å². The molecule has 2 heteroatoms. The van der Waals surface area contributed by atoms with E-state index in [-0.39, 0.29) is 8.14 Å². The fourth-order valence-electron chi connectivity index (χ4n) is 1.25. The van der Waals surface area contributed by atoms with Gasteiger partial charge in [0.1, 0.15) is 8.14 Å². The Kier molecular flexibility index (Phi) is 9.87. The summed E-state index contributed by atoms with van der Waals surface area (Å²) in [5.74, 6) is 0. The Morgan fingerprint density at radius 3 is 2.00 bits per heavy atom. The third kappa shape index (κ3) is 7.11. The number of unbranched alkanes of at least 4 members (excludes halogenated alkanes) is 2. The second kappa shape index (κ2) is 9.52. The zero-order valence-electron chi connectivity index (χ0n) is 8.41. The quantitative estimate of drug-likeness (QED) is 0.476. The lowest BCUT2D eigenvalue weighted by atomic mass is 10.1. The fourth-order valence-corrected chi connectivity index (χ4v) is 3.25. The van der Waals surface area contributed by atoms with Gasteiger partial charge in [0.25, 0.3) is 0 Å². The second-order valence-electron chi connectivity index (χ2n) is 3.22. The monoisotopic (exact) mass is 248 g/mol. The number of hydrogen-bond donors (Lipinski definition) is 0. The summed E-state index contributed by atoms with van der Waals surface area (Å²) in [6, 6.07) is 0. The summed E-state index contributed by atoms with van der Waals surface area (Å²) in [6.07, 6.45) is 8.08. The van der Waals surface area contributed by atoms with Crippen molar-refractivity contribution in [3.05, 3.63) is 11.3 Å². The van der Waals surface area contributed by atoms with Gasteiger partial charge in [0, 0.05) is 0 Å². The molecule has 0 radical (unpaired) electrons. The normalized spacial score (nSPS) is 10.9. The van der Waals surface area contributed by atoms with Crippen molar-refractivity contribution in [1.29, 1.82) is 0 Å². The molecule has 0 nitrogen and oxygen atoms in total. The van der Waals surface area contributed by atoms with Crippen molar-refractivity contribution in [2.45, 2.75) is 52.4 Å². The van der Waals surface area contributed by atoms with Gasteiger partial charge in [-0.2, -0.15) is 0 Å². The molecule has 0 saturated heterocycles. The zero-order chi connectivity index (χ0) is 9.23. The third-order valence-corrected chi connectivity index (χ3v) is 3.77. The van der Waals surface area contributed by atoms with Gasteiger partial charge in [-0.1, -0.05) is 38.0 Å². The first-order valence-corrected chi connectivity index (χ1v) is 9.80. The molecule has 0 N–H and O–H groups in total. The van der Waals surface area contributed by atoms with Gasteiger partial charge in [0.2, 0.25) is 0 Å². The molecule has 0 unspecified atom stereocenters. The first kappa shape index (κ1) is 12.4. The van der Waals surface area contributed by atoms with E-state index in [4.69, 9.17) is 0 Å². The number of hydrogen-bond acceptors (Lipinski definition) is 0. The summed E-state index contributed by atoms with van der Waals surface area (Å²) >= 11 is 3.60. The Hall–Kier alpha value is 0.437. The van der Waals surface area contributed by atoms with Crippen LogP contribution in [-0.2, 0) is 0 Å². The van der Waals surface area contributed by atoms with E-state index < -0.39 is 0 Å². The summed E-state index contributed by atoms with van der Waals surface area (Å²) < 4.78 is 0. The lowest BCUT2D eigenvalue weighted by Gasteiger charge is -2.04. The van der Waals surface area contributed by atoms with Crippen LogP contribution in [0.15, 0.2) is 11.3 Å². The van der Waals surface area contributed by atoms with Crippen LogP contribution in [0.2, 0.25) is 0 Å². The zero-order valence-corrected chi connectivity index (χ0v) is 11.4. The largest absolute Gasteiger partial charge is 0.130 e. The summed E-state index contributed by atoms with van der Waals surface area (Å²) in [5.41, 5.74) is 4.19. The molecule has 0 atom stereocenters. The lowest BCUT2D eigenvalue weighted by Crippen LogP contribution is -1.86. The Morgan fingerprint density at radius 2 is 1.67 bits per heavy atom. The molecule has 0 amide bonds. The molecule has 72 valence electrons. The second-order valence-corrected chi connectivity index (χ2v) is 5.88. The van der Waals surface area contributed by atoms with Crippen LogP contribution in [0.5, 0.6) is 0 Å². The van der Waals surface area contributed by atoms with E-state index in [1.807, 2.05) is 0 Å². The van der Waals surface area contributed by atoms with E-state index in [0.29, 0.717) is 0 Å². The van der Waals surface area contributed by atoms with Gasteiger partial charge < -0.3 is 0 Å². The van der Waals surface area contributed by atoms with Crippen LogP contribution in [0.1, 0.15) is 52.4 Å². The van der Waals surface area contributed by atoms with E-state index in [0.717, 1.165) is 0 Å². The first-order chi connectivity index (χ1) is 5.85. The van der Waals surface area contributed by atoms with Crippen molar-refractivity contribution in [2.24, 2.45) is 0 Å². The van der Waals surface area contributed by atoms with Crippen molar-refractivity contribution in [2.75, 3.05) is 0 Å². The van der Waals surface area contributed by atoms with Crippen LogP contribution in [0, 0.1) is 0 Å².